The second-order valence-electron chi connectivity index (χ2n) is 9.70. The van der Waals surface area contributed by atoms with Gasteiger partial charge in [-0.2, -0.15) is 4.98 Å². The first-order valence-corrected chi connectivity index (χ1v) is 12.5. The van der Waals surface area contributed by atoms with Crippen LogP contribution in [0.4, 0.5) is 10.6 Å². The summed E-state index contributed by atoms with van der Waals surface area (Å²) in [5, 5.41) is 3.93. The van der Waals surface area contributed by atoms with Gasteiger partial charge in [-0.15, -0.1) is 0 Å². The second-order valence-corrected chi connectivity index (χ2v) is 9.70. The van der Waals surface area contributed by atoms with E-state index in [1.54, 1.807) is 0 Å². The molecule has 0 atom stereocenters. The van der Waals surface area contributed by atoms with Crippen molar-refractivity contribution in [1.29, 1.82) is 0 Å². The highest BCUT2D eigenvalue weighted by atomic mass is 16.6. The molecule has 2 aromatic rings. The minimum absolute atomic E-state index is 0. The van der Waals surface area contributed by atoms with E-state index >= 15 is 0 Å². The topological polar surface area (TPSA) is 85.8 Å². The number of aryl methyl sites for hydroxylation is 1. The fourth-order valence-corrected chi connectivity index (χ4v) is 4.19. The fourth-order valence-electron chi connectivity index (χ4n) is 4.19. The maximum Gasteiger partial charge on any atom is 0.407 e. The first-order valence-electron chi connectivity index (χ1n) is 12.5. The summed E-state index contributed by atoms with van der Waals surface area (Å²) in [5.74, 6) is 1.52. The van der Waals surface area contributed by atoms with Crippen LogP contribution in [0.15, 0.2) is 18.3 Å². The van der Waals surface area contributed by atoms with E-state index in [2.05, 4.69) is 21.3 Å². The smallest absolute Gasteiger partial charge is 0.407 e. The van der Waals surface area contributed by atoms with Gasteiger partial charge in [0, 0.05) is 32.8 Å². The predicted molar refractivity (Wildman–Crippen MR) is 137 cm³/mol. The molecule has 2 fully saturated rings. The van der Waals surface area contributed by atoms with E-state index in [9.17, 15) is 4.79 Å². The number of fused-ring (bicyclic) bond motifs is 1. The average Bonchev–Trinajstić information content (AvgIpc) is 2.81. The number of rotatable bonds is 4. The largest absolute Gasteiger partial charge is 0.474 e. The Labute approximate surface area is 204 Å². The lowest BCUT2D eigenvalue weighted by Crippen LogP contribution is -2.42. The minimum atomic E-state index is -0.491. The van der Waals surface area contributed by atoms with Crippen molar-refractivity contribution in [1.82, 2.24) is 15.3 Å². The van der Waals surface area contributed by atoms with Crippen LogP contribution in [0.5, 0.6) is 5.88 Å². The summed E-state index contributed by atoms with van der Waals surface area (Å²) in [6.07, 6.45) is 4.99. The van der Waals surface area contributed by atoms with Crippen LogP contribution in [0.1, 0.15) is 67.3 Å². The number of ether oxygens (including phenoxy) is 3. The number of nitrogens with zero attached hydrogens (tertiary/aromatic N) is 3. The van der Waals surface area contributed by atoms with Gasteiger partial charge in [0.25, 0.3) is 0 Å². The van der Waals surface area contributed by atoms with E-state index < -0.39 is 5.60 Å². The number of pyridine rings is 2. The Kier molecular flexibility index (Phi) is 8.94. The first-order chi connectivity index (χ1) is 16.3. The third-order valence-corrected chi connectivity index (χ3v) is 5.78. The maximum absolute atomic E-state index is 12.1. The van der Waals surface area contributed by atoms with Gasteiger partial charge in [-0.05, 0) is 65.0 Å². The normalized spacial score (nSPS) is 20.8. The van der Waals surface area contributed by atoms with Crippen molar-refractivity contribution in [2.24, 2.45) is 0 Å². The quantitative estimate of drug-likeness (QED) is 0.647. The first kappa shape index (κ1) is 26.0. The van der Waals surface area contributed by atoms with Crippen LogP contribution < -0.4 is 15.0 Å². The molecule has 8 heteroatoms. The molecule has 1 amide bonds. The number of anilines is 1. The van der Waals surface area contributed by atoms with E-state index in [0.717, 1.165) is 61.1 Å². The van der Waals surface area contributed by atoms with Gasteiger partial charge >= 0.3 is 6.09 Å². The van der Waals surface area contributed by atoms with E-state index in [1.165, 1.54) is 0 Å². The summed E-state index contributed by atoms with van der Waals surface area (Å²) >= 11 is 0. The van der Waals surface area contributed by atoms with Crippen molar-refractivity contribution in [3.05, 3.63) is 23.9 Å². The highest BCUT2D eigenvalue weighted by Crippen LogP contribution is 2.31. The summed E-state index contributed by atoms with van der Waals surface area (Å²) in [5.41, 5.74) is 1.48. The fraction of sp³-hybridized carbons (Fsp3) is 0.654. The van der Waals surface area contributed by atoms with E-state index in [-0.39, 0.29) is 19.7 Å². The van der Waals surface area contributed by atoms with Gasteiger partial charge < -0.3 is 24.4 Å². The lowest BCUT2D eigenvalue weighted by Gasteiger charge is -2.31. The molecule has 0 bridgehead atoms. The SMILES string of the molecule is CC.Cc1cnc2cc(N3CCOCC3)nc(OC3CCC(NC(=O)OC(C)(C)C)CC3)c2c1.[HH]. The summed E-state index contributed by atoms with van der Waals surface area (Å²) in [4.78, 5) is 23.8. The molecule has 0 spiro atoms. The molecular formula is C26H42N4O4. The number of carbonyl (C=O) groups is 1. The Balaban J connectivity index is 0.00000140. The molecule has 1 saturated heterocycles. The van der Waals surface area contributed by atoms with Gasteiger partial charge in [-0.3, -0.25) is 4.98 Å². The van der Waals surface area contributed by atoms with Crippen LogP contribution >= 0.6 is 0 Å². The van der Waals surface area contributed by atoms with Gasteiger partial charge in [-0.1, -0.05) is 13.8 Å². The van der Waals surface area contributed by atoms with Crippen molar-refractivity contribution in [2.75, 3.05) is 31.2 Å². The number of hydrogen-bond donors (Lipinski definition) is 1. The highest BCUT2D eigenvalue weighted by Gasteiger charge is 2.27. The van der Waals surface area contributed by atoms with Crippen LogP contribution in [0, 0.1) is 6.92 Å². The molecule has 8 nitrogen and oxygen atoms in total. The van der Waals surface area contributed by atoms with Crippen LogP contribution in [0.3, 0.4) is 0 Å². The lowest BCUT2D eigenvalue weighted by molar-refractivity contribution is 0.0470. The molecule has 4 rings (SSSR count). The molecule has 1 aliphatic heterocycles. The number of amides is 1. The van der Waals surface area contributed by atoms with Gasteiger partial charge in [-0.25, -0.2) is 4.79 Å². The van der Waals surface area contributed by atoms with Crippen molar-refractivity contribution in [2.45, 2.75) is 85.0 Å². The summed E-state index contributed by atoms with van der Waals surface area (Å²) in [6, 6.07) is 4.23. The Hall–Kier alpha value is -2.61. The molecule has 34 heavy (non-hydrogen) atoms. The molecular weight excluding hydrogens is 432 g/mol. The van der Waals surface area contributed by atoms with E-state index in [4.69, 9.17) is 19.2 Å². The molecule has 3 heterocycles. The van der Waals surface area contributed by atoms with Crippen LogP contribution in [0.2, 0.25) is 0 Å². The Morgan fingerprint density at radius 1 is 1.15 bits per heavy atom. The summed E-state index contributed by atoms with van der Waals surface area (Å²) < 4.78 is 17.3. The molecule has 190 valence electrons. The third kappa shape index (κ3) is 7.19. The van der Waals surface area contributed by atoms with Crippen molar-refractivity contribution >= 4 is 22.8 Å². The maximum atomic E-state index is 12.1. The van der Waals surface area contributed by atoms with Gasteiger partial charge in [0.05, 0.1) is 24.1 Å². The molecule has 1 aliphatic carbocycles. The minimum Gasteiger partial charge on any atom is -0.474 e. The van der Waals surface area contributed by atoms with Crippen molar-refractivity contribution in [3.63, 3.8) is 0 Å². The van der Waals surface area contributed by atoms with Gasteiger partial charge in [0.2, 0.25) is 5.88 Å². The molecule has 0 unspecified atom stereocenters. The Morgan fingerprint density at radius 2 is 1.82 bits per heavy atom. The monoisotopic (exact) mass is 474 g/mol. The van der Waals surface area contributed by atoms with Crippen LogP contribution in [-0.4, -0.2) is 60.1 Å². The molecule has 0 radical (unpaired) electrons. The zero-order valence-corrected chi connectivity index (χ0v) is 21.5. The van der Waals surface area contributed by atoms with Gasteiger partial charge in [0.15, 0.2) is 0 Å². The molecule has 1 saturated carbocycles. The lowest BCUT2D eigenvalue weighted by atomic mass is 9.93. The zero-order valence-electron chi connectivity index (χ0n) is 21.5. The summed E-state index contributed by atoms with van der Waals surface area (Å²) in [6.45, 7) is 14.7. The van der Waals surface area contributed by atoms with Crippen molar-refractivity contribution in [3.8, 4) is 5.88 Å². The summed E-state index contributed by atoms with van der Waals surface area (Å²) in [7, 11) is 0. The predicted octanol–water partition coefficient (Wildman–Crippen LogP) is 5.26. The standard InChI is InChI=1S/C24H34N4O4.C2H6.H2/c1-16-13-19-20(25-15-16)14-21(28-9-11-30-12-10-28)27-22(19)31-18-7-5-17(6-8-18)26-23(29)32-24(2,3)4;1-2;/h13-15,17-18H,5-12H2,1-4H3,(H,26,29);1-2H3;1H. The molecule has 2 aromatic heterocycles. The number of alkyl carbamates (subject to hydrolysis) is 1. The van der Waals surface area contributed by atoms with E-state index in [0.29, 0.717) is 19.1 Å². The third-order valence-electron chi connectivity index (χ3n) is 5.78. The average molecular weight is 475 g/mol. The van der Waals surface area contributed by atoms with Gasteiger partial charge in [0.1, 0.15) is 17.5 Å². The molecule has 0 aromatic carbocycles. The molecule has 2 aliphatic rings. The number of morpholine rings is 1. The number of carbonyl (C=O) groups excluding carboxylic acids is 1. The van der Waals surface area contributed by atoms with Crippen LogP contribution in [-0.2, 0) is 9.47 Å². The molecule has 1 N–H and O–H groups in total. The van der Waals surface area contributed by atoms with Crippen LogP contribution in [0.25, 0.3) is 10.9 Å². The number of hydrogen-bond acceptors (Lipinski definition) is 7. The number of nitrogens with one attached hydrogen (secondary N) is 1. The zero-order chi connectivity index (χ0) is 24.7. The van der Waals surface area contributed by atoms with Crippen molar-refractivity contribution < 1.29 is 20.4 Å². The second kappa shape index (κ2) is 11.7. The van der Waals surface area contributed by atoms with E-state index in [1.807, 2.05) is 53.8 Å². The highest BCUT2D eigenvalue weighted by molar-refractivity contribution is 5.86. The number of aromatic nitrogens is 2. The Morgan fingerprint density at radius 3 is 2.47 bits per heavy atom. The Bertz CT molecular complexity index is 952.